The average Bonchev–Trinajstić information content (AvgIpc) is 2.91. The Bertz CT molecular complexity index is 689. The van der Waals surface area contributed by atoms with Crippen molar-refractivity contribution < 1.29 is 9.53 Å². The molecule has 0 aliphatic carbocycles. The molecule has 1 atom stereocenters. The van der Waals surface area contributed by atoms with E-state index in [0.717, 1.165) is 34.1 Å². The highest BCUT2D eigenvalue weighted by Gasteiger charge is 2.25. The van der Waals surface area contributed by atoms with Gasteiger partial charge in [-0.1, -0.05) is 0 Å². The molecule has 24 heavy (non-hydrogen) atoms. The van der Waals surface area contributed by atoms with Crippen LogP contribution in [0.15, 0.2) is 18.6 Å². The van der Waals surface area contributed by atoms with E-state index >= 15 is 0 Å². The Hall–Kier alpha value is -1.86. The molecule has 1 fully saturated rings. The van der Waals surface area contributed by atoms with E-state index in [4.69, 9.17) is 4.74 Å². The number of aromatic nitrogens is 3. The molecule has 0 saturated carbocycles. The van der Waals surface area contributed by atoms with Gasteiger partial charge in [-0.25, -0.2) is 15.0 Å². The zero-order valence-electron chi connectivity index (χ0n) is 14.1. The van der Waals surface area contributed by atoms with E-state index < -0.39 is 0 Å². The summed E-state index contributed by atoms with van der Waals surface area (Å²) in [5.74, 6) is 0.164. The van der Waals surface area contributed by atoms with Crippen molar-refractivity contribution in [1.82, 2.24) is 19.9 Å². The lowest BCUT2D eigenvalue weighted by atomic mass is 10.1. The van der Waals surface area contributed by atoms with Crippen molar-refractivity contribution in [2.45, 2.75) is 39.2 Å². The van der Waals surface area contributed by atoms with Crippen LogP contribution in [0.5, 0.6) is 0 Å². The third kappa shape index (κ3) is 4.36. The third-order valence-corrected chi connectivity index (χ3v) is 5.24. The van der Waals surface area contributed by atoms with Gasteiger partial charge in [-0.3, -0.25) is 4.79 Å². The van der Waals surface area contributed by atoms with Crippen LogP contribution in [0.25, 0.3) is 0 Å². The highest BCUT2D eigenvalue weighted by atomic mass is 32.1. The van der Waals surface area contributed by atoms with Gasteiger partial charge < -0.3 is 9.64 Å². The molecule has 3 heterocycles. The van der Waals surface area contributed by atoms with E-state index in [0.29, 0.717) is 26.1 Å². The summed E-state index contributed by atoms with van der Waals surface area (Å²) in [7, 11) is 0. The largest absolute Gasteiger partial charge is 0.375 e. The zero-order valence-corrected chi connectivity index (χ0v) is 14.9. The van der Waals surface area contributed by atoms with Gasteiger partial charge in [0.25, 0.3) is 0 Å². The quantitative estimate of drug-likeness (QED) is 0.828. The predicted molar refractivity (Wildman–Crippen MR) is 92.0 cm³/mol. The molecule has 0 spiro atoms. The van der Waals surface area contributed by atoms with E-state index in [1.807, 2.05) is 24.8 Å². The van der Waals surface area contributed by atoms with Gasteiger partial charge in [0.1, 0.15) is 6.33 Å². The molecule has 0 N–H and O–H groups in total. The van der Waals surface area contributed by atoms with E-state index in [-0.39, 0.29) is 12.0 Å². The minimum Gasteiger partial charge on any atom is -0.375 e. The van der Waals surface area contributed by atoms with Crippen LogP contribution in [0.4, 0.5) is 0 Å². The van der Waals surface area contributed by atoms with Gasteiger partial charge in [0, 0.05) is 29.9 Å². The van der Waals surface area contributed by atoms with Crippen LogP contribution < -0.4 is 0 Å². The number of nitrogens with zero attached hydrogens (tertiary/aromatic N) is 4. The van der Waals surface area contributed by atoms with Crippen LogP contribution in [0.2, 0.25) is 0 Å². The van der Waals surface area contributed by atoms with Gasteiger partial charge in [-0.15, -0.1) is 11.3 Å². The minimum absolute atomic E-state index is 0.0713. The van der Waals surface area contributed by atoms with Crippen molar-refractivity contribution in [2.24, 2.45) is 0 Å². The Morgan fingerprint density at radius 2 is 2.33 bits per heavy atom. The normalized spacial score (nSPS) is 17.9. The van der Waals surface area contributed by atoms with Gasteiger partial charge in [-0.05, 0) is 32.8 Å². The molecule has 2 aromatic rings. The second-order valence-electron chi connectivity index (χ2n) is 5.99. The first-order valence-corrected chi connectivity index (χ1v) is 9.00. The van der Waals surface area contributed by atoms with Crippen molar-refractivity contribution in [1.29, 1.82) is 0 Å². The van der Waals surface area contributed by atoms with Gasteiger partial charge in [0.2, 0.25) is 5.91 Å². The molecule has 128 valence electrons. The van der Waals surface area contributed by atoms with Gasteiger partial charge >= 0.3 is 0 Å². The van der Waals surface area contributed by atoms with E-state index in [2.05, 4.69) is 15.0 Å². The Labute approximate surface area is 145 Å². The number of aryl methyl sites for hydroxylation is 3. The summed E-state index contributed by atoms with van der Waals surface area (Å²) in [5.41, 5.74) is 1.98. The first-order valence-electron chi connectivity index (χ1n) is 8.19. The third-order valence-electron chi connectivity index (χ3n) is 4.17. The summed E-state index contributed by atoms with van der Waals surface area (Å²) in [4.78, 5) is 28.1. The topological polar surface area (TPSA) is 68.2 Å². The number of carbonyl (C=O) groups excluding carboxylic acids is 1. The lowest BCUT2D eigenvalue weighted by Gasteiger charge is -2.33. The van der Waals surface area contributed by atoms with Crippen molar-refractivity contribution in [2.75, 3.05) is 19.7 Å². The van der Waals surface area contributed by atoms with Crippen LogP contribution in [0.1, 0.15) is 27.7 Å². The molecule has 0 bridgehead atoms. The van der Waals surface area contributed by atoms with Crippen LogP contribution in [-0.2, 0) is 22.4 Å². The molecule has 1 unspecified atom stereocenters. The Morgan fingerprint density at radius 1 is 1.46 bits per heavy atom. The van der Waals surface area contributed by atoms with Crippen molar-refractivity contribution >= 4 is 17.2 Å². The molecule has 1 amide bonds. The number of amides is 1. The lowest BCUT2D eigenvalue weighted by molar-refractivity contribution is -0.138. The number of ether oxygens (including phenoxy) is 1. The maximum atomic E-state index is 12.6. The number of hydrogen-bond acceptors (Lipinski definition) is 6. The maximum absolute atomic E-state index is 12.6. The van der Waals surface area contributed by atoms with Crippen LogP contribution in [-0.4, -0.2) is 51.6 Å². The van der Waals surface area contributed by atoms with Crippen molar-refractivity contribution in [3.05, 3.63) is 39.9 Å². The van der Waals surface area contributed by atoms with E-state index in [9.17, 15) is 4.79 Å². The summed E-state index contributed by atoms with van der Waals surface area (Å²) < 4.78 is 5.81. The summed E-state index contributed by atoms with van der Waals surface area (Å²) in [6.45, 7) is 5.86. The minimum atomic E-state index is 0.0713. The van der Waals surface area contributed by atoms with E-state index in [1.54, 1.807) is 23.9 Å². The Morgan fingerprint density at radius 3 is 3.04 bits per heavy atom. The molecular formula is C17H22N4O2S. The van der Waals surface area contributed by atoms with Gasteiger partial charge in [-0.2, -0.15) is 0 Å². The molecule has 1 aliphatic rings. The zero-order chi connectivity index (χ0) is 16.9. The fourth-order valence-corrected chi connectivity index (χ4v) is 3.81. The second kappa shape index (κ2) is 7.81. The van der Waals surface area contributed by atoms with Crippen LogP contribution in [0.3, 0.4) is 0 Å². The fraction of sp³-hybridized carbons (Fsp3) is 0.529. The molecule has 0 radical (unpaired) electrons. The first-order chi connectivity index (χ1) is 11.6. The Kier molecular flexibility index (Phi) is 5.52. The van der Waals surface area contributed by atoms with Gasteiger partial charge in [0.15, 0.2) is 0 Å². The number of hydrogen-bond donors (Lipinski definition) is 0. The monoisotopic (exact) mass is 346 g/mol. The predicted octanol–water partition coefficient (Wildman–Crippen LogP) is 1.95. The van der Waals surface area contributed by atoms with Crippen LogP contribution in [0, 0.1) is 13.8 Å². The molecule has 1 saturated heterocycles. The SMILES string of the molecule is Cc1nc(C)c(CC(=O)N2CCOC(CCc3ccncn3)C2)s1. The first kappa shape index (κ1) is 17.0. The Balaban J connectivity index is 1.53. The molecule has 2 aromatic heterocycles. The molecule has 1 aliphatic heterocycles. The summed E-state index contributed by atoms with van der Waals surface area (Å²) in [6.07, 6.45) is 5.52. The van der Waals surface area contributed by atoms with E-state index in [1.165, 1.54) is 0 Å². The number of morpholine rings is 1. The fourth-order valence-electron chi connectivity index (χ4n) is 2.88. The molecule has 3 rings (SSSR count). The van der Waals surface area contributed by atoms with Crippen LogP contribution >= 0.6 is 11.3 Å². The van der Waals surface area contributed by atoms with Crippen molar-refractivity contribution in [3.8, 4) is 0 Å². The number of rotatable bonds is 5. The smallest absolute Gasteiger partial charge is 0.228 e. The lowest BCUT2D eigenvalue weighted by Crippen LogP contribution is -2.46. The van der Waals surface area contributed by atoms with Gasteiger partial charge in [0.05, 0.1) is 29.8 Å². The highest BCUT2D eigenvalue weighted by molar-refractivity contribution is 7.11. The molecule has 0 aromatic carbocycles. The number of thiazole rings is 1. The highest BCUT2D eigenvalue weighted by Crippen LogP contribution is 2.19. The average molecular weight is 346 g/mol. The molecule has 6 nitrogen and oxygen atoms in total. The summed E-state index contributed by atoms with van der Waals surface area (Å²) in [6, 6.07) is 1.92. The maximum Gasteiger partial charge on any atom is 0.228 e. The standard InChI is InChI=1S/C17H22N4O2S/c1-12-16(24-13(2)20-12)9-17(22)21-7-8-23-15(10-21)4-3-14-5-6-18-11-19-14/h5-6,11,15H,3-4,7-10H2,1-2H3. The number of carbonyl (C=O) groups is 1. The second-order valence-corrected chi connectivity index (χ2v) is 7.28. The summed E-state index contributed by atoms with van der Waals surface area (Å²) >= 11 is 1.61. The van der Waals surface area contributed by atoms with Crippen molar-refractivity contribution in [3.63, 3.8) is 0 Å². The molecular weight excluding hydrogens is 324 g/mol. The molecule has 7 heteroatoms. The summed E-state index contributed by atoms with van der Waals surface area (Å²) in [5, 5.41) is 1.01.